The van der Waals surface area contributed by atoms with Gasteiger partial charge in [0.15, 0.2) is 5.13 Å². The Morgan fingerprint density at radius 2 is 1.76 bits per heavy atom. The Balaban J connectivity index is 1.34. The lowest BCUT2D eigenvalue weighted by Crippen LogP contribution is -2.11. The largest absolute Gasteiger partial charge is 0.361 e. The minimum Gasteiger partial charge on any atom is -0.361 e. The molecule has 6 nitrogen and oxygen atoms in total. The molecule has 1 aromatic heterocycles. The molecule has 0 saturated heterocycles. The van der Waals surface area contributed by atoms with Gasteiger partial charge in [-0.05, 0) is 36.8 Å². The summed E-state index contributed by atoms with van der Waals surface area (Å²) in [4.78, 5) is 18.3. The Morgan fingerprint density at radius 3 is 2.59 bits per heavy atom. The number of nitrogens with zero attached hydrogens (tertiary/aromatic N) is 1. The van der Waals surface area contributed by atoms with Gasteiger partial charge in [-0.2, -0.15) is 8.42 Å². The molecule has 176 valence electrons. The van der Waals surface area contributed by atoms with Crippen LogP contribution in [-0.2, 0) is 20.7 Å². The van der Waals surface area contributed by atoms with Crippen molar-refractivity contribution in [2.24, 2.45) is 0 Å². The Morgan fingerprint density at radius 1 is 1.03 bits per heavy atom. The van der Waals surface area contributed by atoms with Crippen LogP contribution in [0.5, 0.6) is 0 Å². The maximum atomic E-state index is 13.0. The van der Waals surface area contributed by atoms with Gasteiger partial charge in [0.1, 0.15) is 4.90 Å². The van der Waals surface area contributed by atoms with Crippen molar-refractivity contribution in [1.82, 2.24) is 4.98 Å². The van der Waals surface area contributed by atoms with Gasteiger partial charge in [-0.3, -0.25) is 8.98 Å². The van der Waals surface area contributed by atoms with E-state index in [0.717, 1.165) is 17.4 Å². The Hall–Kier alpha value is -3.07. The van der Waals surface area contributed by atoms with Crippen LogP contribution in [0.3, 0.4) is 0 Å². The van der Waals surface area contributed by atoms with Crippen molar-refractivity contribution in [2.45, 2.75) is 31.6 Å². The fourth-order valence-electron chi connectivity index (χ4n) is 3.77. The van der Waals surface area contributed by atoms with Gasteiger partial charge in [0, 0.05) is 17.5 Å². The molecule has 4 rings (SSSR count). The van der Waals surface area contributed by atoms with Crippen molar-refractivity contribution in [3.8, 4) is 0 Å². The fraction of sp³-hybridized carbons (Fsp3) is 0.231. The fourth-order valence-corrected chi connectivity index (χ4v) is 5.88. The number of carbonyl (C=O) groups is 1. The number of rotatable bonds is 10. The van der Waals surface area contributed by atoms with Crippen LogP contribution in [0.15, 0.2) is 71.6 Å². The Kier molecular flexibility index (Phi) is 7.41. The Bertz CT molecular complexity index is 1420. The highest BCUT2D eigenvalue weighted by Crippen LogP contribution is 2.27. The number of hydrogen-bond acceptors (Lipinski definition) is 7. The highest BCUT2D eigenvalue weighted by molar-refractivity contribution is 7.87. The van der Waals surface area contributed by atoms with E-state index in [4.69, 9.17) is 4.18 Å². The van der Waals surface area contributed by atoms with E-state index >= 15 is 0 Å². The zero-order valence-electron chi connectivity index (χ0n) is 19.1. The van der Waals surface area contributed by atoms with E-state index in [9.17, 15) is 13.2 Å². The molecule has 0 aliphatic heterocycles. The van der Waals surface area contributed by atoms with Gasteiger partial charge in [-0.25, -0.2) is 4.98 Å². The topological polar surface area (TPSA) is 85.4 Å². The van der Waals surface area contributed by atoms with Gasteiger partial charge in [-0.15, -0.1) is 0 Å². The molecule has 1 N–H and O–H groups in total. The van der Waals surface area contributed by atoms with Crippen LogP contribution in [0, 0.1) is 6.92 Å². The third kappa shape index (κ3) is 5.19. The number of thiazole rings is 1. The summed E-state index contributed by atoms with van der Waals surface area (Å²) in [6.07, 6.45) is 1.25. The molecule has 34 heavy (non-hydrogen) atoms. The molecule has 3 aromatic carbocycles. The van der Waals surface area contributed by atoms with E-state index in [0.29, 0.717) is 39.6 Å². The maximum absolute atomic E-state index is 13.0. The number of benzene rings is 3. The average molecular weight is 495 g/mol. The van der Waals surface area contributed by atoms with Gasteiger partial charge in [-0.1, -0.05) is 78.9 Å². The summed E-state index contributed by atoms with van der Waals surface area (Å²) in [7, 11) is -3.87. The third-order valence-electron chi connectivity index (χ3n) is 5.50. The number of carbonyl (C=O) groups excluding carboxylic acids is 1. The standard InChI is InChI=1S/C26H26N2O4S2/c1-3-19-10-4-7-14-22(19)24(29)25-18(2)28-26(33-25)27-16-9-17-32-34(30,31)23-15-8-12-20-11-5-6-13-21(20)23/h4-8,10-15H,3,9,16-17H2,1-2H3,(H,27,28). The molecular weight excluding hydrogens is 468 g/mol. The van der Waals surface area contributed by atoms with Crippen molar-refractivity contribution in [3.05, 3.63) is 88.4 Å². The number of nitrogens with one attached hydrogen (secondary N) is 1. The Labute approximate surface area is 203 Å². The van der Waals surface area contributed by atoms with E-state index in [1.165, 1.54) is 11.3 Å². The van der Waals surface area contributed by atoms with Crippen LogP contribution in [-0.4, -0.2) is 32.3 Å². The van der Waals surface area contributed by atoms with Crippen molar-refractivity contribution < 1.29 is 17.4 Å². The summed E-state index contributed by atoms with van der Waals surface area (Å²) >= 11 is 1.31. The van der Waals surface area contributed by atoms with E-state index in [2.05, 4.69) is 10.3 Å². The second kappa shape index (κ2) is 10.5. The van der Waals surface area contributed by atoms with Crippen LogP contribution in [0.4, 0.5) is 5.13 Å². The van der Waals surface area contributed by atoms with Gasteiger partial charge >= 0.3 is 0 Å². The number of fused-ring (bicyclic) bond motifs is 1. The van der Waals surface area contributed by atoms with Crippen molar-refractivity contribution in [3.63, 3.8) is 0 Å². The van der Waals surface area contributed by atoms with E-state index < -0.39 is 10.1 Å². The van der Waals surface area contributed by atoms with Crippen LogP contribution >= 0.6 is 11.3 Å². The maximum Gasteiger partial charge on any atom is 0.297 e. The summed E-state index contributed by atoms with van der Waals surface area (Å²) in [5.74, 6) is -0.0231. The lowest BCUT2D eigenvalue weighted by molar-refractivity contribution is 0.104. The molecule has 0 saturated carbocycles. The summed E-state index contributed by atoms with van der Waals surface area (Å²) < 4.78 is 30.7. The zero-order chi connectivity index (χ0) is 24.1. The van der Waals surface area contributed by atoms with Crippen LogP contribution < -0.4 is 5.32 Å². The lowest BCUT2D eigenvalue weighted by atomic mass is 10.0. The first-order valence-corrected chi connectivity index (χ1v) is 13.3. The first kappa shape index (κ1) is 24.1. The van der Waals surface area contributed by atoms with Gasteiger partial charge in [0.25, 0.3) is 10.1 Å². The highest BCUT2D eigenvalue weighted by atomic mass is 32.2. The first-order chi connectivity index (χ1) is 16.4. The second-order valence-corrected chi connectivity index (χ2v) is 10.4. The van der Waals surface area contributed by atoms with E-state index in [-0.39, 0.29) is 17.3 Å². The predicted molar refractivity (Wildman–Crippen MR) is 136 cm³/mol. The molecule has 1 heterocycles. The van der Waals surface area contributed by atoms with Gasteiger partial charge in [0.05, 0.1) is 17.2 Å². The SMILES string of the molecule is CCc1ccccc1C(=O)c1sc(NCCCOS(=O)(=O)c2cccc3ccccc23)nc1C. The first-order valence-electron chi connectivity index (χ1n) is 11.1. The molecule has 0 aliphatic carbocycles. The molecular formula is C26H26N2O4S2. The molecule has 0 radical (unpaired) electrons. The molecule has 0 aliphatic rings. The van der Waals surface area contributed by atoms with Crippen LogP contribution in [0.1, 0.15) is 39.8 Å². The average Bonchev–Trinajstić information content (AvgIpc) is 3.23. The molecule has 0 bridgehead atoms. The van der Waals surface area contributed by atoms with E-state index in [1.54, 1.807) is 24.3 Å². The number of ketones is 1. The molecule has 0 spiro atoms. The molecule has 0 unspecified atom stereocenters. The van der Waals surface area contributed by atoms with Crippen LogP contribution in [0.25, 0.3) is 10.8 Å². The number of hydrogen-bond donors (Lipinski definition) is 1. The highest BCUT2D eigenvalue weighted by Gasteiger charge is 2.20. The summed E-state index contributed by atoms with van der Waals surface area (Å²) in [5.41, 5.74) is 2.40. The van der Waals surface area contributed by atoms with Gasteiger partial charge in [0.2, 0.25) is 5.78 Å². The quantitative estimate of drug-likeness (QED) is 0.175. The molecule has 0 atom stereocenters. The van der Waals surface area contributed by atoms with Crippen molar-refractivity contribution in [1.29, 1.82) is 0 Å². The minimum atomic E-state index is -3.87. The number of aryl methyl sites for hydroxylation is 2. The molecule has 0 amide bonds. The zero-order valence-corrected chi connectivity index (χ0v) is 20.7. The van der Waals surface area contributed by atoms with E-state index in [1.807, 2.05) is 56.3 Å². The van der Waals surface area contributed by atoms with Crippen LogP contribution in [0.2, 0.25) is 0 Å². The van der Waals surface area contributed by atoms with Crippen molar-refractivity contribution in [2.75, 3.05) is 18.5 Å². The summed E-state index contributed by atoms with van der Waals surface area (Å²) in [5, 5.41) is 5.30. The molecule has 4 aromatic rings. The number of anilines is 1. The predicted octanol–water partition coefficient (Wildman–Crippen LogP) is 5.61. The lowest BCUT2D eigenvalue weighted by Gasteiger charge is -2.09. The summed E-state index contributed by atoms with van der Waals surface area (Å²) in [6, 6.07) is 20.1. The normalized spacial score (nSPS) is 11.6. The molecule has 8 heteroatoms. The second-order valence-electron chi connectivity index (χ2n) is 7.81. The van der Waals surface area contributed by atoms with Gasteiger partial charge < -0.3 is 5.32 Å². The van der Waals surface area contributed by atoms with Crippen molar-refractivity contribution >= 4 is 43.1 Å². The third-order valence-corrected chi connectivity index (χ3v) is 7.99. The molecule has 0 fully saturated rings. The minimum absolute atomic E-state index is 0.0231. The smallest absolute Gasteiger partial charge is 0.297 e. The monoisotopic (exact) mass is 494 g/mol. The number of aromatic nitrogens is 1. The summed E-state index contributed by atoms with van der Waals surface area (Å²) in [6.45, 7) is 4.36.